The summed E-state index contributed by atoms with van der Waals surface area (Å²) in [4.78, 5) is 2.30. The Morgan fingerprint density at radius 2 is 2.11 bits per heavy atom. The topological polar surface area (TPSA) is 58.6 Å². The molecular weight excluding hydrogens is 288 g/mol. The number of nitrogens with zero attached hydrogens (tertiary/aromatic N) is 1. The van der Waals surface area contributed by atoms with Crippen molar-refractivity contribution in [2.24, 2.45) is 5.92 Å². The van der Waals surface area contributed by atoms with Crippen LogP contribution in [0.5, 0.6) is 5.75 Å². The van der Waals surface area contributed by atoms with Gasteiger partial charge in [0.15, 0.2) is 0 Å². The maximum Gasteiger partial charge on any atom is 0.310 e. The molecule has 0 saturated carbocycles. The van der Waals surface area contributed by atoms with Crippen LogP contribution in [0.3, 0.4) is 0 Å². The van der Waals surface area contributed by atoms with E-state index in [4.69, 9.17) is 15.4 Å². The second-order valence-electron chi connectivity index (χ2n) is 4.68. The third kappa shape index (κ3) is 4.65. The molecule has 1 fully saturated rings. The van der Waals surface area contributed by atoms with Crippen molar-refractivity contribution in [3.63, 3.8) is 0 Å². The fourth-order valence-electron chi connectivity index (χ4n) is 2.33. The van der Waals surface area contributed by atoms with Crippen molar-refractivity contribution in [3.8, 4) is 5.75 Å². The molecule has 0 amide bonds. The van der Waals surface area contributed by atoms with E-state index in [1.165, 1.54) is 5.56 Å². The van der Waals surface area contributed by atoms with E-state index in [0.29, 0.717) is 19.0 Å². The highest BCUT2D eigenvalue weighted by Crippen LogP contribution is 2.21. The normalized spacial score (nSPS) is 20.6. The van der Waals surface area contributed by atoms with Crippen LogP contribution < -0.4 is 9.57 Å². The second-order valence-corrected chi connectivity index (χ2v) is 6.96. The number of hydrogen-bond acceptors (Lipinski definition) is 4. The number of nitrogens with one attached hydrogen (secondary N) is 1. The van der Waals surface area contributed by atoms with E-state index in [9.17, 15) is 8.42 Å². The van der Waals surface area contributed by atoms with E-state index in [0.717, 1.165) is 18.6 Å². The van der Waals surface area contributed by atoms with Crippen LogP contribution in [0, 0.1) is 5.92 Å². The molecule has 7 heteroatoms. The third-order valence-corrected chi connectivity index (χ3v) is 3.89. The van der Waals surface area contributed by atoms with Crippen LogP contribution in [0.2, 0.25) is 0 Å². The summed E-state index contributed by atoms with van der Waals surface area (Å²) >= 11 is 0. The first-order valence-corrected chi connectivity index (χ1v) is 8.37. The van der Waals surface area contributed by atoms with Crippen LogP contribution in [-0.2, 0) is 15.7 Å². The van der Waals surface area contributed by atoms with E-state index in [2.05, 4.69) is 4.83 Å². The van der Waals surface area contributed by atoms with Crippen molar-refractivity contribution in [3.05, 3.63) is 29.8 Å². The lowest BCUT2D eigenvalue weighted by Crippen LogP contribution is -2.38. The minimum Gasteiger partial charge on any atom is -0.497 e. The number of halogens is 1. The largest absolute Gasteiger partial charge is 0.497 e. The van der Waals surface area contributed by atoms with E-state index in [-0.39, 0.29) is 0 Å². The quantitative estimate of drug-likeness (QED) is 0.839. The fraction of sp³-hybridized carbons (Fsp3) is 0.500. The Labute approximate surface area is 118 Å². The average Bonchev–Trinajstić information content (AvgIpc) is 2.75. The Kier molecular flexibility index (Phi) is 4.67. The summed E-state index contributed by atoms with van der Waals surface area (Å²) in [5, 5.41) is 1.65. The van der Waals surface area contributed by atoms with Crippen LogP contribution in [0.4, 0.5) is 0 Å². The number of hydrogen-bond donors (Lipinski definition) is 1. The number of rotatable bonds is 5. The van der Waals surface area contributed by atoms with Crippen molar-refractivity contribution in [1.82, 2.24) is 9.84 Å². The molecule has 0 aliphatic carbocycles. The van der Waals surface area contributed by atoms with Gasteiger partial charge in [0.2, 0.25) is 0 Å². The van der Waals surface area contributed by atoms with Crippen molar-refractivity contribution in [2.75, 3.05) is 20.2 Å². The van der Waals surface area contributed by atoms with Gasteiger partial charge in [0, 0.05) is 23.8 Å². The zero-order valence-electron chi connectivity index (χ0n) is 10.7. The molecule has 0 radical (unpaired) electrons. The zero-order valence-corrected chi connectivity index (χ0v) is 12.2. The molecule has 1 aromatic rings. The molecule has 5 nitrogen and oxygen atoms in total. The summed E-state index contributed by atoms with van der Waals surface area (Å²) < 4.78 is 27.0. The van der Waals surface area contributed by atoms with Gasteiger partial charge in [-0.25, -0.2) is 5.01 Å². The fourth-order valence-corrected chi connectivity index (χ4v) is 3.10. The predicted molar refractivity (Wildman–Crippen MR) is 74.3 cm³/mol. The summed E-state index contributed by atoms with van der Waals surface area (Å²) in [6.45, 7) is 1.37. The van der Waals surface area contributed by atoms with Gasteiger partial charge in [-0.15, -0.1) is 4.83 Å². The van der Waals surface area contributed by atoms with E-state index < -0.39 is 9.24 Å². The molecule has 1 saturated heterocycles. The molecular formula is C12H17ClN2O3S. The Balaban J connectivity index is 1.87. The van der Waals surface area contributed by atoms with Gasteiger partial charge in [0.25, 0.3) is 0 Å². The van der Waals surface area contributed by atoms with Crippen molar-refractivity contribution >= 4 is 19.9 Å². The molecule has 0 bridgehead atoms. The van der Waals surface area contributed by atoms with Gasteiger partial charge in [0.05, 0.1) is 7.11 Å². The van der Waals surface area contributed by atoms with Gasteiger partial charge in [-0.1, -0.05) is 12.1 Å². The van der Waals surface area contributed by atoms with E-state index in [1.807, 2.05) is 24.3 Å². The van der Waals surface area contributed by atoms with Gasteiger partial charge in [-0.05, 0) is 36.5 Å². The molecule has 1 heterocycles. The molecule has 106 valence electrons. The lowest BCUT2D eigenvalue weighted by Gasteiger charge is -2.14. The zero-order chi connectivity index (χ0) is 13.9. The van der Waals surface area contributed by atoms with Crippen LogP contribution >= 0.6 is 10.7 Å². The first-order chi connectivity index (χ1) is 8.96. The lowest BCUT2D eigenvalue weighted by molar-refractivity contribution is 0.290. The van der Waals surface area contributed by atoms with Crippen LogP contribution in [-0.4, -0.2) is 33.6 Å². The highest BCUT2D eigenvalue weighted by Gasteiger charge is 2.25. The lowest BCUT2D eigenvalue weighted by atomic mass is 9.99. The molecule has 1 aliphatic heterocycles. The Morgan fingerprint density at radius 3 is 2.68 bits per heavy atom. The SMILES string of the molecule is COc1ccc(CC2CCN(NS(=O)(=O)Cl)C2)cc1. The molecule has 0 aromatic heterocycles. The number of benzene rings is 1. The van der Waals surface area contributed by atoms with E-state index >= 15 is 0 Å². The minimum absolute atomic E-state index is 0.430. The Bertz CT molecular complexity index is 518. The molecule has 2 rings (SSSR count). The first-order valence-electron chi connectivity index (χ1n) is 6.06. The minimum atomic E-state index is -3.68. The van der Waals surface area contributed by atoms with Gasteiger partial charge in [0.1, 0.15) is 5.75 Å². The van der Waals surface area contributed by atoms with Crippen LogP contribution in [0.15, 0.2) is 24.3 Å². The Hall–Kier alpha value is -0.820. The molecule has 1 unspecified atom stereocenters. The van der Waals surface area contributed by atoms with E-state index in [1.54, 1.807) is 12.1 Å². The van der Waals surface area contributed by atoms with Crippen molar-refractivity contribution < 1.29 is 13.2 Å². The standard InChI is InChI=1S/C12H17ClN2O3S/c1-18-12-4-2-10(3-5-12)8-11-6-7-15(9-11)14-19(13,16)17/h2-5,11,14H,6-9H2,1H3. The van der Waals surface area contributed by atoms with Gasteiger partial charge >= 0.3 is 9.24 Å². The monoisotopic (exact) mass is 304 g/mol. The van der Waals surface area contributed by atoms with Crippen LogP contribution in [0.1, 0.15) is 12.0 Å². The molecule has 1 atom stereocenters. The smallest absolute Gasteiger partial charge is 0.310 e. The van der Waals surface area contributed by atoms with Crippen molar-refractivity contribution in [1.29, 1.82) is 0 Å². The highest BCUT2D eigenvalue weighted by molar-refractivity contribution is 8.12. The molecule has 0 spiro atoms. The maximum atomic E-state index is 10.9. The summed E-state index contributed by atoms with van der Waals surface area (Å²) in [7, 11) is 3.12. The maximum absolute atomic E-state index is 10.9. The highest BCUT2D eigenvalue weighted by atomic mass is 35.7. The second kappa shape index (κ2) is 6.09. The molecule has 1 aliphatic rings. The van der Waals surface area contributed by atoms with Gasteiger partial charge in [-0.3, -0.25) is 0 Å². The average molecular weight is 305 g/mol. The molecule has 19 heavy (non-hydrogen) atoms. The predicted octanol–water partition coefficient (Wildman–Crippen LogP) is 1.55. The molecule has 1 N–H and O–H groups in total. The van der Waals surface area contributed by atoms with Crippen LogP contribution in [0.25, 0.3) is 0 Å². The number of hydrazine groups is 1. The summed E-state index contributed by atoms with van der Waals surface area (Å²) in [6.07, 6.45) is 1.87. The molecule has 1 aromatic carbocycles. The van der Waals surface area contributed by atoms with Gasteiger partial charge in [-0.2, -0.15) is 8.42 Å². The summed E-state index contributed by atoms with van der Waals surface area (Å²) in [5.74, 6) is 1.27. The number of methoxy groups -OCH3 is 1. The summed E-state index contributed by atoms with van der Waals surface area (Å²) in [6, 6.07) is 7.94. The number of ether oxygens (including phenoxy) is 1. The van der Waals surface area contributed by atoms with Gasteiger partial charge < -0.3 is 4.74 Å². The summed E-state index contributed by atoms with van der Waals surface area (Å²) in [5.41, 5.74) is 1.22. The Morgan fingerprint density at radius 1 is 1.42 bits per heavy atom. The van der Waals surface area contributed by atoms with Crippen molar-refractivity contribution in [2.45, 2.75) is 12.8 Å². The third-order valence-electron chi connectivity index (χ3n) is 3.21. The first kappa shape index (κ1) is 14.6.